The van der Waals surface area contributed by atoms with Gasteiger partial charge in [-0.1, -0.05) is 19.3 Å². The van der Waals surface area contributed by atoms with E-state index >= 15 is 0 Å². The Balaban J connectivity index is 2.31. The van der Waals surface area contributed by atoms with E-state index in [2.05, 4.69) is 0 Å². The van der Waals surface area contributed by atoms with Crippen molar-refractivity contribution in [3.05, 3.63) is 0 Å². The molecule has 0 aromatic heterocycles. The van der Waals surface area contributed by atoms with Crippen LogP contribution in [-0.2, 0) is 4.79 Å². The molecule has 0 bridgehead atoms. The number of rotatable bonds is 1. The third-order valence-electron chi connectivity index (χ3n) is 1.98. The van der Waals surface area contributed by atoms with Gasteiger partial charge in [0.2, 0.25) is 5.91 Å². The molecule has 1 radical (unpaired) electrons. The number of carbonyl (C=O) groups excluding carboxylic acids is 1. The van der Waals surface area contributed by atoms with Gasteiger partial charge in [-0.15, -0.1) is 0 Å². The average molecular weight is 126 g/mol. The van der Waals surface area contributed by atoms with Gasteiger partial charge in [-0.05, 0) is 12.8 Å². The summed E-state index contributed by atoms with van der Waals surface area (Å²) in [5.41, 5.74) is 6.83. The monoisotopic (exact) mass is 126 g/mol. The molecule has 0 saturated heterocycles. The van der Waals surface area contributed by atoms with Gasteiger partial charge in [-0.3, -0.25) is 10.5 Å². The van der Waals surface area contributed by atoms with Crippen molar-refractivity contribution in [3.63, 3.8) is 0 Å². The van der Waals surface area contributed by atoms with Crippen molar-refractivity contribution >= 4 is 5.91 Å². The number of amides is 1. The van der Waals surface area contributed by atoms with Gasteiger partial charge in [0.05, 0.1) is 0 Å². The summed E-state index contributed by atoms with van der Waals surface area (Å²) in [6, 6.07) is 0. The Morgan fingerprint density at radius 1 is 1.22 bits per heavy atom. The van der Waals surface area contributed by atoms with Crippen molar-refractivity contribution in [1.29, 1.82) is 0 Å². The van der Waals surface area contributed by atoms with Crippen molar-refractivity contribution in [3.8, 4) is 0 Å². The minimum atomic E-state index is -0.352. The van der Waals surface area contributed by atoms with Crippen LogP contribution < -0.4 is 5.73 Å². The maximum absolute atomic E-state index is 10.5. The summed E-state index contributed by atoms with van der Waals surface area (Å²) < 4.78 is 0. The first-order valence-corrected chi connectivity index (χ1v) is 3.56. The van der Waals surface area contributed by atoms with Crippen LogP contribution in [0, 0.1) is 5.92 Å². The molecular weight excluding hydrogens is 114 g/mol. The minimum absolute atomic E-state index is 0.0822. The molecule has 1 rings (SSSR count). The first kappa shape index (κ1) is 6.59. The fourth-order valence-electron chi connectivity index (χ4n) is 1.36. The topological polar surface area (TPSA) is 40.9 Å². The number of nitrogens with one attached hydrogen (secondary N) is 1. The van der Waals surface area contributed by atoms with Crippen LogP contribution in [0.5, 0.6) is 0 Å². The third kappa shape index (κ3) is 1.70. The molecule has 0 heterocycles. The molecule has 2 nitrogen and oxygen atoms in total. The van der Waals surface area contributed by atoms with Crippen LogP contribution in [-0.4, -0.2) is 5.91 Å². The van der Waals surface area contributed by atoms with Crippen molar-refractivity contribution in [2.24, 2.45) is 5.92 Å². The van der Waals surface area contributed by atoms with Gasteiger partial charge >= 0.3 is 0 Å². The van der Waals surface area contributed by atoms with E-state index in [-0.39, 0.29) is 11.8 Å². The Labute approximate surface area is 55.4 Å². The normalized spacial score (nSPS) is 21.8. The zero-order chi connectivity index (χ0) is 6.69. The molecule has 51 valence electrons. The maximum atomic E-state index is 10.5. The molecule has 0 aromatic carbocycles. The Bertz CT molecular complexity index is 105. The van der Waals surface area contributed by atoms with Crippen molar-refractivity contribution in [2.75, 3.05) is 0 Å². The van der Waals surface area contributed by atoms with Gasteiger partial charge in [-0.25, -0.2) is 0 Å². The quantitative estimate of drug-likeness (QED) is 0.523. The number of hydrogen-bond donors (Lipinski definition) is 0. The smallest absolute Gasteiger partial charge is 0.241 e. The molecular formula is C7H12NO. The highest BCUT2D eigenvalue weighted by molar-refractivity contribution is 5.75. The predicted molar refractivity (Wildman–Crippen MR) is 34.7 cm³/mol. The highest BCUT2D eigenvalue weighted by atomic mass is 16.1. The largest absolute Gasteiger partial charge is 0.273 e. The van der Waals surface area contributed by atoms with Crippen LogP contribution >= 0.6 is 0 Å². The van der Waals surface area contributed by atoms with Crippen molar-refractivity contribution < 1.29 is 4.79 Å². The number of carbonyl (C=O) groups is 1. The van der Waals surface area contributed by atoms with Crippen molar-refractivity contribution in [2.45, 2.75) is 32.1 Å². The van der Waals surface area contributed by atoms with E-state index in [1.165, 1.54) is 6.42 Å². The van der Waals surface area contributed by atoms with E-state index in [9.17, 15) is 4.79 Å². The Morgan fingerprint density at radius 3 is 2.11 bits per heavy atom. The van der Waals surface area contributed by atoms with Gasteiger partial charge in [-0.2, -0.15) is 0 Å². The Morgan fingerprint density at radius 2 is 1.78 bits per heavy atom. The predicted octanol–water partition coefficient (Wildman–Crippen LogP) is 1.38. The Kier molecular flexibility index (Phi) is 2.09. The second-order valence-corrected chi connectivity index (χ2v) is 2.70. The first-order chi connectivity index (χ1) is 4.30. The lowest BCUT2D eigenvalue weighted by Crippen LogP contribution is -2.17. The Hall–Kier alpha value is -0.530. The SMILES string of the molecule is [NH]C(=O)C1CCCCC1. The van der Waals surface area contributed by atoms with E-state index in [0.717, 1.165) is 25.7 Å². The second kappa shape index (κ2) is 2.85. The highest BCUT2D eigenvalue weighted by Gasteiger charge is 2.18. The van der Waals surface area contributed by atoms with Gasteiger partial charge in [0.1, 0.15) is 0 Å². The van der Waals surface area contributed by atoms with Crippen LogP contribution in [0.2, 0.25) is 0 Å². The molecule has 9 heavy (non-hydrogen) atoms. The lowest BCUT2D eigenvalue weighted by Gasteiger charge is -2.16. The average Bonchev–Trinajstić information content (AvgIpc) is 1.90. The van der Waals surface area contributed by atoms with E-state index < -0.39 is 0 Å². The highest BCUT2D eigenvalue weighted by Crippen LogP contribution is 2.22. The summed E-state index contributed by atoms with van der Waals surface area (Å²) in [5, 5.41) is 0. The van der Waals surface area contributed by atoms with E-state index in [1.807, 2.05) is 0 Å². The van der Waals surface area contributed by atoms with E-state index in [4.69, 9.17) is 5.73 Å². The van der Waals surface area contributed by atoms with Crippen LogP contribution in [0.1, 0.15) is 32.1 Å². The minimum Gasteiger partial charge on any atom is -0.273 e. The first-order valence-electron chi connectivity index (χ1n) is 3.56. The fourth-order valence-corrected chi connectivity index (χ4v) is 1.36. The van der Waals surface area contributed by atoms with Crippen LogP contribution in [0.3, 0.4) is 0 Å². The fraction of sp³-hybridized carbons (Fsp3) is 0.857. The van der Waals surface area contributed by atoms with Crippen LogP contribution in [0.4, 0.5) is 0 Å². The summed E-state index contributed by atoms with van der Waals surface area (Å²) in [4.78, 5) is 10.5. The van der Waals surface area contributed by atoms with Gasteiger partial charge in [0.25, 0.3) is 0 Å². The van der Waals surface area contributed by atoms with Crippen LogP contribution in [0.15, 0.2) is 0 Å². The molecule has 1 N–H and O–H groups in total. The summed E-state index contributed by atoms with van der Waals surface area (Å²) in [7, 11) is 0. The lowest BCUT2D eigenvalue weighted by molar-refractivity contribution is -0.123. The summed E-state index contributed by atoms with van der Waals surface area (Å²) in [5.74, 6) is -0.270. The van der Waals surface area contributed by atoms with Crippen LogP contribution in [0.25, 0.3) is 0 Å². The molecule has 2 heteroatoms. The lowest BCUT2D eigenvalue weighted by atomic mass is 9.89. The van der Waals surface area contributed by atoms with Crippen molar-refractivity contribution in [1.82, 2.24) is 5.73 Å². The molecule has 0 aliphatic heterocycles. The molecule has 1 aliphatic rings. The zero-order valence-corrected chi connectivity index (χ0v) is 5.52. The summed E-state index contributed by atoms with van der Waals surface area (Å²) in [6.45, 7) is 0. The molecule has 0 aromatic rings. The second-order valence-electron chi connectivity index (χ2n) is 2.70. The number of hydrogen-bond acceptors (Lipinski definition) is 1. The molecule has 1 saturated carbocycles. The maximum Gasteiger partial charge on any atom is 0.241 e. The van der Waals surface area contributed by atoms with Gasteiger partial charge in [0, 0.05) is 5.92 Å². The summed E-state index contributed by atoms with van der Waals surface area (Å²) >= 11 is 0. The molecule has 1 fully saturated rings. The van der Waals surface area contributed by atoms with E-state index in [1.54, 1.807) is 0 Å². The molecule has 0 atom stereocenters. The van der Waals surface area contributed by atoms with Gasteiger partial charge in [0.15, 0.2) is 0 Å². The molecule has 0 spiro atoms. The zero-order valence-electron chi connectivity index (χ0n) is 5.52. The summed E-state index contributed by atoms with van der Waals surface area (Å²) in [6.07, 6.45) is 5.47. The standard InChI is InChI=1S/C7H12NO/c8-7(9)6-4-2-1-3-5-6/h6,8H,1-5H2. The third-order valence-corrected chi connectivity index (χ3v) is 1.98. The molecule has 1 amide bonds. The molecule has 0 unspecified atom stereocenters. The van der Waals surface area contributed by atoms with Gasteiger partial charge < -0.3 is 0 Å². The van der Waals surface area contributed by atoms with E-state index in [0.29, 0.717) is 0 Å². The molecule has 1 aliphatic carbocycles.